The molecular formula is C20H20ClNO6. The average Bonchev–Trinajstić information content (AvgIpc) is 3.00. The number of ether oxygens (including phenoxy) is 3. The van der Waals surface area contributed by atoms with E-state index in [1.807, 2.05) is 0 Å². The molecule has 1 aliphatic rings. The van der Waals surface area contributed by atoms with E-state index < -0.39 is 23.6 Å². The Labute approximate surface area is 167 Å². The van der Waals surface area contributed by atoms with Gasteiger partial charge in [-0.3, -0.25) is 14.4 Å². The lowest BCUT2D eigenvalue weighted by Crippen LogP contribution is -2.46. The maximum absolute atomic E-state index is 12.8. The van der Waals surface area contributed by atoms with Crippen LogP contribution in [0, 0.1) is 5.92 Å². The van der Waals surface area contributed by atoms with Crippen molar-refractivity contribution >= 4 is 29.3 Å². The molecule has 0 spiro atoms. The number of carbonyl (C=O) groups is 3. The predicted octanol–water partition coefficient (Wildman–Crippen LogP) is 3.22. The SMILES string of the molecule is COc1ccc(C(=O)c2ccc(Cl)n2CCC2C(=O)OC(C)(C)OC2=O)cc1. The number of carbonyl (C=O) groups excluding carboxylic acids is 3. The summed E-state index contributed by atoms with van der Waals surface area (Å²) < 4.78 is 16.9. The highest BCUT2D eigenvalue weighted by molar-refractivity contribution is 6.30. The van der Waals surface area contributed by atoms with Crippen LogP contribution in [-0.2, 0) is 25.6 Å². The Kier molecular flexibility index (Phi) is 5.47. The van der Waals surface area contributed by atoms with Crippen molar-refractivity contribution in [2.24, 2.45) is 5.92 Å². The molecule has 0 aliphatic carbocycles. The van der Waals surface area contributed by atoms with Crippen molar-refractivity contribution in [1.82, 2.24) is 4.57 Å². The van der Waals surface area contributed by atoms with Crippen molar-refractivity contribution < 1.29 is 28.6 Å². The summed E-state index contributed by atoms with van der Waals surface area (Å²) >= 11 is 6.22. The highest BCUT2D eigenvalue weighted by Gasteiger charge is 2.43. The average molecular weight is 406 g/mol. The number of cyclic esters (lactones) is 2. The monoisotopic (exact) mass is 405 g/mol. The summed E-state index contributed by atoms with van der Waals surface area (Å²) in [5.74, 6) is -3.21. The van der Waals surface area contributed by atoms with Crippen molar-refractivity contribution in [2.45, 2.75) is 32.6 Å². The summed E-state index contributed by atoms with van der Waals surface area (Å²) in [5.41, 5.74) is 0.822. The van der Waals surface area contributed by atoms with Gasteiger partial charge in [0.05, 0.1) is 12.8 Å². The molecule has 28 heavy (non-hydrogen) atoms. The first-order valence-corrected chi connectivity index (χ1v) is 9.09. The summed E-state index contributed by atoms with van der Waals surface area (Å²) in [5, 5.41) is 0.328. The van der Waals surface area contributed by atoms with Crippen LogP contribution in [0.4, 0.5) is 0 Å². The Balaban J connectivity index is 1.77. The van der Waals surface area contributed by atoms with Gasteiger partial charge in [-0.05, 0) is 42.8 Å². The third-order valence-electron chi connectivity index (χ3n) is 4.42. The fourth-order valence-electron chi connectivity index (χ4n) is 3.00. The third-order valence-corrected chi connectivity index (χ3v) is 4.75. The van der Waals surface area contributed by atoms with Gasteiger partial charge in [-0.1, -0.05) is 11.6 Å². The van der Waals surface area contributed by atoms with Gasteiger partial charge in [0.2, 0.25) is 5.78 Å². The normalized spacial score (nSPS) is 16.4. The minimum Gasteiger partial charge on any atom is -0.497 e. The number of aromatic nitrogens is 1. The van der Waals surface area contributed by atoms with Gasteiger partial charge in [-0.25, -0.2) is 0 Å². The first-order chi connectivity index (χ1) is 13.2. The molecule has 148 valence electrons. The molecule has 1 saturated heterocycles. The maximum Gasteiger partial charge on any atom is 0.323 e. The van der Waals surface area contributed by atoms with Crippen LogP contribution in [0.15, 0.2) is 36.4 Å². The number of methoxy groups -OCH3 is 1. The van der Waals surface area contributed by atoms with Crippen LogP contribution in [0.2, 0.25) is 5.15 Å². The molecule has 2 heterocycles. The number of rotatable bonds is 6. The molecule has 3 rings (SSSR count). The van der Waals surface area contributed by atoms with Crippen LogP contribution in [0.3, 0.4) is 0 Å². The quantitative estimate of drug-likeness (QED) is 0.417. The number of ketones is 1. The summed E-state index contributed by atoms with van der Waals surface area (Å²) in [6.45, 7) is 3.17. The first kappa shape index (κ1) is 19.9. The lowest BCUT2D eigenvalue weighted by atomic mass is 10.0. The van der Waals surface area contributed by atoms with E-state index in [0.717, 1.165) is 0 Å². The second-order valence-corrected chi connectivity index (χ2v) is 7.22. The number of halogens is 1. The van der Waals surface area contributed by atoms with Crippen LogP contribution in [0.1, 0.15) is 36.3 Å². The van der Waals surface area contributed by atoms with E-state index in [0.29, 0.717) is 22.2 Å². The van der Waals surface area contributed by atoms with E-state index >= 15 is 0 Å². The molecule has 1 aromatic heterocycles. The molecule has 1 aromatic carbocycles. The lowest BCUT2D eigenvalue weighted by molar-refractivity contribution is -0.240. The Morgan fingerprint density at radius 1 is 1.11 bits per heavy atom. The van der Waals surface area contributed by atoms with Crippen LogP contribution >= 0.6 is 11.6 Å². The Morgan fingerprint density at radius 2 is 1.71 bits per heavy atom. The Hall–Kier alpha value is -2.80. The fraction of sp³-hybridized carbons (Fsp3) is 0.350. The van der Waals surface area contributed by atoms with Crippen LogP contribution in [-0.4, -0.2) is 35.2 Å². The van der Waals surface area contributed by atoms with Gasteiger partial charge in [0.1, 0.15) is 10.9 Å². The number of hydrogen-bond acceptors (Lipinski definition) is 6. The molecule has 2 aromatic rings. The number of hydrogen-bond donors (Lipinski definition) is 0. The van der Waals surface area contributed by atoms with E-state index in [2.05, 4.69) is 0 Å². The largest absolute Gasteiger partial charge is 0.497 e. The second kappa shape index (κ2) is 7.67. The zero-order valence-electron chi connectivity index (χ0n) is 15.7. The minimum atomic E-state index is -1.27. The first-order valence-electron chi connectivity index (χ1n) is 8.71. The van der Waals surface area contributed by atoms with Gasteiger partial charge in [0, 0.05) is 26.0 Å². The van der Waals surface area contributed by atoms with Crippen molar-refractivity contribution in [3.05, 3.63) is 52.8 Å². The molecule has 0 radical (unpaired) electrons. The van der Waals surface area contributed by atoms with Crippen LogP contribution in [0.25, 0.3) is 0 Å². The lowest BCUT2D eigenvalue weighted by Gasteiger charge is -2.32. The van der Waals surface area contributed by atoms with Crippen molar-refractivity contribution in [2.75, 3.05) is 7.11 Å². The van der Waals surface area contributed by atoms with Gasteiger partial charge in [-0.15, -0.1) is 0 Å². The van der Waals surface area contributed by atoms with Gasteiger partial charge in [-0.2, -0.15) is 0 Å². The Morgan fingerprint density at radius 3 is 2.29 bits per heavy atom. The summed E-state index contributed by atoms with van der Waals surface area (Å²) in [6, 6.07) is 9.90. The van der Waals surface area contributed by atoms with Crippen molar-refractivity contribution in [3.63, 3.8) is 0 Å². The van der Waals surface area contributed by atoms with Crippen LogP contribution in [0.5, 0.6) is 5.75 Å². The van der Waals surface area contributed by atoms with E-state index in [1.54, 1.807) is 48.1 Å². The van der Waals surface area contributed by atoms with Gasteiger partial charge < -0.3 is 18.8 Å². The molecule has 1 fully saturated rings. The predicted molar refractivity (Wildman–Crippen MR) is 100 cm³/mol. The zero-order chi connectivity index (χ0) is 20.5. The van der Waals surface area contributed by atoms with Gasteiger partial charge in [0.25, 0.3) is 5.79 Å². The van der Waals surface area contributed by atoms with E-state index in [4.69, 9.17) is 25.8 Å². The smallest absolute Gasteiger partial charge is 0.323 e. The van der Waals surface area contributed by atoms with E-state index in [9.17, 15) is 14.4 Å². The van der Waals surface area contributed by atoms with E-state index in [1.165, 1.54) is 13.8 Å². The topological polar surface area (TPSA) is 83.8 Å². The molecule has 0 saturated carbocycles. The maximum atomic E-state index is 12.8. The summed E-state index contributed by atoms with van der Waals surface area (Å²) in [4.78, 5) is 37.1. The highest BCUT2D eigenvalue weighted by Crippen LogP contribution is 2.27. The third kappa shape index (κ3) is 4.04. The van der Waals surface area contributed by atoms with Crippen LogP contribution < -0.4 is 4.74 Å². The molecule has 8 heteroatoms. The minimum absolute atomic E-state index is 0.102. The highest BCUT2D eigenvalue weighted by atomic mass is 35.5. The molecule has 0 bridgehead atoms. The molecule has 1 aliphatic heterocycles. The zero-order valence-corrected chi connectivity index (χ0v) is 16.5. The molecule has 0 unspecified atom stereocenters. The molecular weight excluding hydrogens is 386 g/mol. The second-order valence-electron chi connectivity index (χ2n) is 6.83. The number of benzene rings is 1. The molecule has 7 nitrogen and oxygen atoms in total. The van der Waals surface area contributed by atoms with Gasteiger partial charge >= 0.3 is 11.9 Å². The standard InChI is InChI=1S/C20H20ClNO6/c1-20(2)27-18(24)14(19(25)28-20)10-11-22-15(8-9-16(22)21)17(23)12-4-6-13(26-3)7-5-12/h4-9,14H,10-11H2,1-3H3. The van der Waals surface area contributed by atoms with E-state index in [-0.39, 0.29) is 18.7 Å². The van der Waals surface area contributed by atoms with Crippen molar-refractivity contribution in [1.29, 1.82) is 0 Å². The van der Waals surface area contributed by atoms with Crippen molar-refractivity contribution in [3.8, 4) is 5.75 Å². The van der Waals surface area contributed by atoms with Gasteiger partial charge in [0.15, 0.2) is 5.92 Å². The number of esters is 2. The number of nitrogens with zero attached hydrogens (tertiary/aromatic N) is 1. The summed E-state index contributed by atoms with van der Waals surface area (Å²) in [7, 11) is 1.55. The summed E-state index contributed by atoms with van der Waals surface area (Å²) in [6.07, 6.45) is 0.102. The fourth-order valence-corrected chi connectivity index (χ4v) is 3.23. The molecule has 0 amide bonds. The molecule has 0 atom stereocenters. The molecule has 0 N–H and O–H groups in total. The Bertz CT molecular complexity index is 895.